The number of carboxylic acids is 1. The predicted octanol–water partition coefficient (Wildman–Crippen LogP) is 1.60. The van der Waals surface area contributed by atoms with Crippen molar-refractivity contribution in [1.29, 1.82) is 0 Å². The summed E-state index contributed by atoms with van der Waals surface area (Å²) in [5.74, 6) is -0.807. The van der Waals surface area contributed by atoms with Crippen molar-refractivity contribution < 1.29 is 9.90 Å². The predicted molar refractivity (Wildman–Crippen MR) is 60.0 cm³/mol. The largest absolute Gasteiger partial charge is 0.480 e. The van der Waals surface area contributed by atoms with Gasteiger partial charge in [-0.2, -0.15) is 0 Å². The highest BCUT2D eigenvalue weighted by atomic mass is 16.4. The fourth-order valence-corrected chi connectivity index (χ4v) is 1.28. The summed E-state index contributed by atoms with van der Waals surface area (Å²) in [7, 11) is 0. The van der Waals surface area contributed by atoms with Crippen molar-refractivity contribution in [2.45, 2.75) is 26.3 Å². The number of carbonyl (C=O) groups is 1. The molecule has 1 aromatic carbocycles. The monoisotopic (exact) mass is 207 g/mol. The molecule has 3 nitrogen and oxygen atoms in total. The van der Waals surface area contributed by atoms with Gasteiger partial charge in [0.05, 0.1) is 0 Å². The Labute approximate surface area is 90.1 Å². The zero-order valence-electron chi connectivity index (χ0n) is 9.16. The Kier molecular flexibility index (Phi) is 4.31. The maximum Gasteiger partial charge on any atom is 0.320 e. The van der Waals surface area contributed by atoms with E-state index in [1.807, 2.05) is 0 Å². The van der Waals surface area contributed by atoms with Gasteiger partial charge < -0.3 is 10.4 Å². The van der Waals surface area contributed by atoms with Crippen molar-refractivity contribution in [3.63, 3.8) is 0 Å². The molecule has 1 atom stereocenters. The number of rotatable bonds is 5. The van der Waals surface area contributed by atoms with Crippen LogP contribution in [0.15, 0.2) is 24.3 Å². The van der Waals surface area contributed by atoms with E-state index in [9.17, 15) is 4.79 Å². The molecule has 2 N–H and O–H groups in total. The van der Waals surface area contributed by atoms with Crippen LogP contribution in [0.3, 0.4) is 0 Å². The van der Waals surface area contributed by atoms with Crippen LogP contribution in [0.5, 0.6) is 0 Å². The van der Waals surface area contributed by atoms with Crippen molar-refractivity contribution in [3.8, 4) is 0 Å². The minimum atomic E-state index is -0.807. The molecule has 0 spiro atoms. The van der Waals surface area contributed by atoms with Crippen molar-refractivity contribution in [3.05, 3.63) is 35.4 Å². The molecule has 0 amide bonds. The lowest BCUT2D eigenvalue weighted by atomic mass is 10.1. The summed E-state index contributed by atoms with van der Waals surface area (Å²) >= 11 is 0. The van der Waals surface area contributed by atoms with Gasteiger partial charge in [-0.3, -0.25) is 4.79 Å². The first-order valence-corrected chi connectivity index (χ1v) is 5.11. The van der Waals surface area contributed by atoms with Crippen molar-refractivity contribution in [2.24, 2.45) is 0 Å². The van der Waals surface area contributed by atoms with Crippen LogP contribution < -0.4 is 5.32 Å². The van der Waals surface area contributed by atoms with Gasteiger partial charge >= 0.3 is 5.97 Å². The molecule has 0 aliphatic rings. The smallest absolute Gasteiger partial charge is 0.320 e. The van der Waals surface area contributed by atoms with Crippen LogP contribution in [0.25, 0.3) is 0 Å². The van der Waals surface area contributed by atoms with E-state index in [2.05, 4.69) is 36.5 Å². The first-order chi connectivity index (χ1) is 7.09. The molecule has 0 unspecified atom stereocenters. The maximum atomic E-state index is 10.5. The third kappa shape index (κ3) is 4.13. The summed E-state index contributed by atoms with van der Waals surface area (Å²) in [5.41, 5.74) is 2.47. The van der Waals surface area contributed by atoms with Crippen LogP contribution in [0, 0.1) is 6.92 Å². The summed E-state index contributed by atoms with van der Waals surface area (Å²) < 4.78 is 0. The van der Waals surface area contributed by atoms with Gasteiger partial charge in [0.15, 0.2) is 0 Å². The molecule has 0 radical (unpaired) electrons. The topological polar surface area (TPSA) is 49.3 Å². The van der Waals surface area contributed by atoms with Crippen molar-refractivity contribution in [1.82, 2.24) is 5.32 Å². The van der Waals surface area contributed by atoms with Gasteiger partial charge in [0.1, 0.15) is 6.04 Å². The molecule has 0 bridgehead atoms. The lowest BCUT2D eigenvalue weighted by molar-refractivity contribution is -0.138. The van der Waals surface area contributed by atoms with Gasteiger partial charge in [-0.15, -0.1) is 0 Å². The number of benzene rings is 1. The van der Waals surface area contributed by atoms with Crippen LogP contribution in [0.4, 0.5) is 0 Å². The third-order valence-corrected chi connectivity index (χ3v) is 2.36. The fourth-order valence-electron chi connectivity index (χ4n) is 1.28. The van der Waals surface area contributed by atoms with E-state index in [0.29, 0.717) is 6.54 Å². The molecule has 0 aliphatic heterocycles. The quantitative estimate of drug-likeness (QED) is 0.771. The zero-order valence-corrected chi connectivity index (χ0v) is 9.16. The van der Waals surface area contributed by atoms with Gasteiger partial charge in [-0.05, 0) is 32.4 Å². The summed E-state index contributed by atoms with van der Waals surface area (Å²) in [5, 5.41) is 11.6. The molecule has 0 aliphatic carbocycles. The van der Waals surface area contributed by atoms with Gasteiger partial charge in [0.2, 0.25) is 0 Å². The van der Waals surface area contributed by atoms with E-state index in [-0.39, 0.29) is 0 Å². The number of aliphatic carboxylic acids is 1. The molecular formula is C12H17NO2. The molecule has 0 saturated carbocycles. The molecule has 1 rings (SSSR count). The number of nitrogens with one attached hydrogen (secondary N) is 1. The van der Waals surface area contributed by atoms with E-state index < -0.39 is 12.0 Å². The van der Waals surface area contributed by atoms with Crippen molar-refractivity contribution in [2.75, 3.05) is 6.54 Å². The Balaban J connectivity index is 2.32. The van der Waals surface area contributed by atoms with E-state index in [1.54, 1.807) is 6.92 Å². The highest BCUT2D eigenvalue weighted by Crippen LogP contribution is 2.03. The van der Waals surface area contributed by atoms with Gasteiger partial charge in [0, 0.05) is 0 Å². The lowest BCUT2D eigenvalue weighted by Crippen LogP contribution is -2.34. The second kappa shape index (κ2) is 5.51. The molecule has 82 valence electrons. The fraction of sp³-hybridized carbons (Fsp3) is 0.417. The number of hydrogen-bond donors (Lipinski definition) is 2. The van der Waals surface area contributed by atoms with Crippen LogP contribution in [-0.2, 0) is 11.2 Å². The van der Waals surface area contributed by atoms with Crippen molar-refractivity contribution >= 4 is 5.97 Å². The molecule has 0 aromatic heterocycles. The molecule has 1 aromatic rings. The number of aryl methyl sites for hydroxylation is 1. The SMILES string of the molecule is Cc1ccc(CCN[C@@H](C)C(=O)O)cc1. The minimum absolute atomic E-state index is 0.476. The summed E-state index contributed by atoms with van der Waals surface area (Å²) in [6.45, 7) is 4.39. The average molecular weight is 207 g/mol. The van der Waals surface area contributed by atoms with Crippen LogP contribution in [-0.4, -0.2) is 23.7 Å². The minimum Gasteiger partial charge on any atom is -0.480 e. The average Bonchev–Trinajstić information content (AvgIpc) is 2.20. The first-order valence-electron chi connectivity index (χ1n) is 5.11. The number of carboxylic acid groups (broad SMARTS) is 1. The van der Waals surface area contributed by atoms with E-state index in [4.69, 9.17) is 5.11 Å². The molecule has 0 heterocycles. The van der Waals surface area contributed by atoms with Crippen LogP contribution in [0.2, 0.25) is 0 Å². The molecule has 15 heavy (non-hydrogen) atoms. The lowest BCUT2D eigenvalue weighted by Gasteiger charge is -2.08. The molecular weight excluding hydrogens is 190 g/mol. The highest BCUT2D eigenvalue weighted by molar-refractivity contribution is 5.72. The second-order valence-electron chi connectivity index (χ2n) is 3.75. The third-order valence-electron chi connectivity index (χ3n) is 2.36. The standard InChI is InChI=1S/C12H17NO2/c1-9-3-5-11(6-4-9)7-8-13-10(2)12(14)15/h3-6,10,13H,7-8H2,1-2H3,(H,14,15)/t10-/m0/s1. The maximum absolute atomic E-state index is 10.5. The molecule has 3 heteroatoms. The normalized spacial score (nSPS) is 12.4. The zero-order chi connectivity index (χ0) is 11.3. The summed E-state index contributed by atoms with van der Waals surface area (Å²) in [4.78, 5) is 10.5. The Morgan fingerprint density at radius 3 is 2.53 bits per heavy atom. The first kappa shape index (κ1) is 11.7. The van der Waals surface area contributed by atoms with Gasteiger partial charge in [-0.1, -0.05) is 29.8 Å². The second-order valence-corrected chi connectivity index (χ2v) is 3.75. The van der Waals surface area contributed by atoms with E-state index >= 15 is 0 Å². The Morgan fingerprint density at radius 1 is 1.40 bits per heavy atom. The van der Waals surface area contributed by atoms with Crippen LogP contribution >= 0.6 is 0 Å². The van der Waals surface area contributed by atoms with E-state index in [1.165, 1.54) is 11.1 Å². The molecule has 0 saturated heterocycles. The Morgan fingerprint density at radius 2 is 2.00 bits per heavy atom. The molecule has 0 fully saturated rings. The summed E-state index contributed by atoms with van der Waals surface area (Å²) in [6.07, 6.45) is 0.859. The Hall–Kier alpha value is -1.35. The number of hydrogen-bond acceptors (Lipinski definition) is 2. The van der Waals surface area contributed by atoms with Gasteiger partial charge in [0.25, 0.3) is 0 Å². The Bertz CT molecular complexity index is 319. The van der Waals surface area contributed by atoms with E-state index in [0.717, 1.165) is 6.42 Å². The highest BCUT2D eigenvalue weighted by Gasteiger charge is 2.08. The van der Waals surface area contributed by atoms with Crippen LogP contribution in [0.1, 0.15) is 18.1 Å². The summed E-state index contributed by atoms with van der Waals surface area (Å²) in [6, 6.07) is 7.80. The van der Waals surface area contributed by atoms with Gasteiger partial charge in [-0.25, -0.2) is 0 Å².